The zero-order valence-electron chi connectivity index (χ0n) is 28.1. The van der Waals surface area contributed by atoms with Crippen LogP contribution in [-0.4, -0.2) is 65.6 Å². The van der Waals surface area contributed by atoms with Crippen molar-refractivity contribution in [1.29, 1.82) is 0 Å². The molecule has 0 spiro atoms. The van der Waals surface area contributed by atoms with Gasteiger partial charge in [0.25, 0.3) is 10.0 Å². The SMILES string of the molecule is CCCCNC(=O)[C@H](Cc1ccccc1)N(Cc1ccccc1)C(=O)CN(c1cc(Cl)ccc1OC)S(=O)(=O)c1ccc(OC)c(OC)c1. The first-order valence-corrected chi connectivity index (χ1v) is 17.7. The van der Waals surface area contributed by atoms with Crippen LogP contribution in [0.1, 0.15) is 30.9 Å². The van der Waals surface area contributed by atoms with Crippen molar-refractivity contribution in [3.05, 3.63) is 113 Å². The average molecular weight is 708 g/mol. The molecule has 0 aliphatic carbocycles. The van der Waals surface area contributed by atoms with Crippen LogP contribution in [0.25, 0.3) is 0 Å². The Hall–Kier alpha value is -4.74. The molecule has 0 radical (unpaired) electrons. The Kier molecular flexibility index (Phi) is 13.3. The van der Waals surface area contributed by atoms with E-state index >= 15 is 0 Å². The van der Waals surface area contributed by atoms with Crippen LogP contribution in [0.5, 0.6) is 17.2 Å². The summed E-state index contributed by atoms with van der Waals surface area (Å²) in [6, 6.07) is 26.4. The molecule has 0 saturated heterocycles. The van der Waals surface area contributed by atoms with Crippen LogP contribution in [0.2, 0.25) is 5.02 Å². The maximum Gasteiger partial charge on any atom is 0.265 e. The van der Waals surface area contributed by atoms with E-state index in [1.54, 1.807) is 6.07 Å². The molecule has 0 aromatic heterocycles. The van der Waals surface area contributed by atoms with Crippen LogP contribution in [0, 0.1) is 0 Å². The van der Waals surface area contributed by atoms with Gasteiger partial charge < -0.3 is 24.4 Å². The molecule has 0 aliphatic rings. The van der Waals surface area contributed by atoms with Crippen molar-refractivity contribution < 1.29 is 32.2 Å². The molecule has 260 valence electrons. The molecular formula is C37H42ClN3O7S. The molecule has 4 aromatic carbocycles. The lowest BCUT2D eigenvalue weighted by molar-refractivity contribution is -0.140. The number of methoxy groups -OCH3 is 3. The molecule has 0 fully saturated rings. The zero-order chi connectivity index (χ0) is 35.4. The second-order valence-corrected chi connectivity index (χ2v) is 13.5. The fourth-order valence-corrected chi connectivity index (χ4v) is 6.91. The molecule has 0 heterocycles. The number of halogens is 1. The highest BCUT2D eigenvalue weighted by Gasteiger charge is 2.36. The van der Waals surface area contributed by atoms with Gasteiger partial charge in [-0.05, 0) is 47.9 Å². The van der Waals surface area contributed by atoms with Crippen LogP contribution < -0.4 is 23.8 Å². The Labute approximate surface area is 293 Å². The summed E-state index contributed by atoms with van der Waals surface area (Å²) in [4.78, 5) is 29.9. The van der Waals surface area contributed by atoms with Crippen molar-refractivity contribution >= 4 is 39.1 Å². The molecule has 4 aromatic rings. The van der Waals surface area contributed by atoms with E-state index in [1.165, 1.54) is 56.6 Å². The third-order valence-electron chi connectivity index (χ3n) is 7.93. The van der Waals surface area contributed by atoms with Gasteiger partial charge in [-0.25, -0.2) is 8.42 Å². The van der Waals surface area contributed by atoms with E-state index in [9.17, 15) is 18.0 Å². The topological polar surface area (TPSA) is 114 Å². The van der Waals surface area contributed by atoms with Gasteiger partial charge in [0.1, 0.15) is 18.3 Å². The molecule has 1 N–H and O–H groups in total. The standard InChI is InChI=1S/C37H42ClN3O7S/c1-5-6-21-39-37(43)32(22-27-13-9-7-10-14-27)40(25-28-15-11-8-12-16-28)36(42)26-41(31-23-29(38)17-19-33(31)46-2)49(44,45)30-18-20-34(47-3)35(24-30)48-4/h7-20,23-24,32H,5-6,21-22,25-26H2,1-4H3,(H,39,43)/t32-/m0/s1. The van der Waals surface area contributed by atoms with Crippen LogP contribution in [-0.2, 0) is 32.6 Å². The number of nitrogens with zero attached hydrogens (tertiary/aromatic N) is 2. The Morgan fingerprint density at radius 1 is 0.796 bits per heavy atom. The molecule has 4 rings (SSSR count). The van der Waals surface area contributed by atoms with E-state index in [4.69, 9.17) is 25.8 Å². The smallest absolute Gasteiger partial charge is 0.265 e. The number of benzene rings is 4. The molecular weight excluding hydrogens is 666 g/mol. The Morgan fingerprint density at radius 3 is 2.02 bits per heavy atom. The van der Waals surface area contributed by atoms with Gasteiger partial charge in [-0.3, -0.25) is 13.9 Å². The second-order valence-electron chi connectivity index (χ2n) is 11.2. The van der Waals surface area contributed by atoms with Gasteiger partial charge >= 0.3 is 0 Å². The zero-order valence-corrected chi connectivity index (χ0v) is 29.7. The Bertz CT molecular complexity index is 1810. The van der Waals surface area contributed by atoms with Crippen molar-refractivity contribution in [2.75, 3.05) is 38.7 Å². The van der Waals surface area contributed by atoms with Crippen LogP contribution in [0.3, 0.4) is 0 Å². The fraction of sp³-hybridized carbons (Fsp3) is 0.297. The maximum atomic E-state index is 14.7. The molecule has 1 atom stereocenters. The second kappa shape index (κ2) is 17.6. The number of carbonyl (C=O) groups is 2. The number of ether oxygens (including phenoxy) is 3. The van der Waals surface area contributed by atoms with Gasteiger partial charge in [-0.2, -0.15) is 0 Å². The van der Waals surface area contributed by atoms with Gasteiger partial charge in [-0.15, -0.1) is 0 Å². The van der Waals surface area contributed by atoms with Gasteiger partial charge in [0, 0.05) is 30.6 Å². The molecule has 10 nitrogen and oxygen atoms in total. The van der Waals surface area contributed by atoms with Crippen molar-refractivity contribution in [3.63, 3.8) is 0 Å². The first-order valence-electron chi connectivity index (χ1n) is 15.9. The van der Waals surface area contributed by atoms with Gasteiger partial charge in [0.15, 0.2) is 11.5 Å². The lowest BCUT2D eigenvalue weighted by Gasteiger charge is -2.34. The third kappa shape index (κ3) is 9.45. The molecule has 0 unspecified atom stereocenters. The molecule has 12 heteroatoms. The fourth-order valence-electron chi connectivity index (χ4n) is 5.32. The highest BCUT2D eigenvalue weighted by molar-refractivity contribution is 7.92. The van der Waals surface area contributed by atoms with E-state index in [2.05, 4.69) is 5.32 Å². The number of sulfonamides is 1. The van der Waals surface area contributed by atoms with Crippen molar-refractivity contribution in [1.82, 2.24) is 10.2 Å². The van der Waals surface area contributed by atoms with Gasteiger partial charge in [0.05, 0.1) is 31.9 Å². The first-order chi connectivity index (χ1) is 23.6. The first kappa shape index (κ1) is 37.1. The summed E-state index contributed by atoms with van der Waals surface area (Å²) in [5.74, 6) is -0.256. The Morgan fingerprint density at radius 2 is 1.41 bits per heavy atom. The largest absolute Gasteiger partial charge is 0.495 e. The average Bonchev–Trinajstić information content (AvgIpc) is 3.12. The number of hydrogen-bond acceptors (Lipinski definition) is 7. The summed E-state index contributed by atoms with van der Waals surface area (Å²) in [6.07, 6.45) is 1.85. The van der Waals surface area contributed by atoms with Crippen LogP contribution in [0.4, 0.5) is 5.69 Å². The molecule has 0 saturated carbocycles. The third-order valence-corrected chi connectivity index (χ3v) is 9.92. The normalized spacial score (nSPS) is 11.7. The monoisotopic (exact) mass is 707 g/mol. The molecule has 2 amide bonds. The number of carbonyl (C=O) groups excluding carboxylic acids is 2. The summed E-state index contributed by atoms with van der Waals surface area (Å²) in [6.45, 7) is 1.84. The number of unbranched alkanes of at least 4 members (excludes halogenated alkanes) is 1. The lowest BCUT2D eigenvalue weighted by atomic mass is 10.0. The summed E-state index contributed by atoms with van der Waals surface area (Å²) in [5.41, 5.74) is 1.66. The van der Waals surface area contributed by atoms with Crippen molar-refractivity contribution in [3.8, 4) is 17.2 Å². The number of anilines is 1. The quantitative estimate of drug-likeness (QED) is 0.132. The minimum atomic E-state index is -4.47. The minimum absolute atomic E-state index is 0.0461. The summed E-state index contributed by atoms with van der Waals surface area (Å²) < 4.78 is 46.3. The minimum Gasteiger partial charge on any atom is -0.495 e. The van der Waals surface area contributed by atoms with E-state index in [1.807, 2.05) is 67.6 Å². The van der Waals surface area contributed by atoms with Crippen LogP contribution in [0.15, 0.2) is 102 Å². The van der Waals surface area contributed by atoms with Gasteiger partial charge in [-0.1, -0.05) is 85.6 Å². The lowest BCUT2D eigenvalue weighted by Crippen LogP contribution is -2.53. The van der Waals surface area contributed by atoms with E-state index in [0.717, 1.165) is 28.3 Å². The number of hydrogen-bond donors (Lipinski definition) is 1. The summed E-state index contributed by atoms with van der Waals surface area (Å²) >= 11 is 6.39. The maximum absolute atomic E-state index is 14.7. The summed E-state index contributed by atoms with van der Waals surface area (Å²) in [5, 5.41) is 3.22. The Balaban J connectivity index is 1.85. The number of nitrogens with one attached hydrogen (secondary N) is 1. The van der Waals surface area contributed by atoms with E-state index in [-0.39, 0.29) is 46.0 Å². The van der Waals surface area contributed by atoms with E-state index in [0.29, 0.717) is 12.3 Å². The van der Waals surface area contributed by atoms with Gasteiger partial charge in [0.2, 0.25) is 11.8 Å². The van der Waals surface area contributed by atoms with Crippen LogP contribution >= 0.6 is 11.6 Å². The highest BCUT2D eigenvalue weighted by atomic mass is 35.5. The predicted molar refractivity (Wildman–Crippen MR) is 191 cm³/mol. The molecule has 0 bridgehead atoms. The number of amides is 2. The van der Waals surface area contributed by atoms with E-state index < -0.39 is 28.5 Å². The molecule has 0 aliphatic heterocycles. The van der Waals surface area contributed by atoms with Crippen molar-refractivity contribution in [2.45, 2.75) is 43.7 Å². The number of rotatable bonds is 17. The molecule has 49 heavy (non-hydrogen) atoms. The van der Waals surface area contributed by atoms with Crippen molar-refractivity contribution in [2.24, 2.45) is 0 Å². The highest BCUT2D eigenvalue weighted by Crippen LogP contribution is 2.37. The predicted octanol–water partition coefficient (Wildman–Crippen LogP) is 6.12. The summed E-state index contributed by atoms with van der Waals surface area (Å²) in [7, 11) is -0.235.